The summed E-state index contributed by atoms with van der Waals surface area (Å²) in [7, 11) is -3.37. The molecule has 0 aliphatic heterocycles. The summed E-state index contributed by atoms with van der Waals surface area (Å²) in [5.41, 5.74) is 0.133. The maximum atomic E-state index is 11.2. The van der Waals surface area contributed by atoms with E-state index in [-0.39, 0.29) is 21.7 Å². The smallest absolute Gasteiger partial charge is 0.232 e. The van der Waals surface area contributed by atoms with Crippen LogP contribution in [0.4, 0.5) is 5.69 Å². The molecule has 0 saturated heterocycles. The zero-order valence-electron chi connectivity index (χ0n) is 7.16. The predicted molar refractivity (Wildman–Crippen MR) is 55.1 cm³/mol. The van der Waals surface area contributed by atoms with Crippen LogP contribution in [-0.4, -0.2) is 24.4 Å². The van der Waals surface area contributed by atoms with Crippen molar-refractivity contribution in [1.82, 2.24) is 10.2 Å². The Balaban J connectivity index is 3.03. The number of hydrogen-bond donors (Lipinski definition) is 1. The second kappa shape index (κ2) is 4.29. The maximum Gasteiger partial charge on any atom is 0.232 e. The first kappa shape index (κ1) is 11.5. The second-order valence-electron chi connectivity index (χ2n) is 2.38. The van der Waals surface area contributed by atoms with E-state index in [2.05, 4.69) is 14.9 Å². The first-order chi connectivity index (χ1) is 6.44. The summed E-state index contributed by atoms with van der Waals surface area (Å²) >= 11 is 11.1. The topological polar surface area (TPSA) is 72.0 Å². The van der Waals surface area contributed by atoms with Gasteiger partial charge in [0.2, 0.25) is 10.0 Å². The molecule has 0 aliphatic rings. The molecule has 0 radical (unpaired) electrons. The van der Waals surface area contributed by atoms with Crippen LogP contribution in [0.3, 0.4) is 0 Å². The summed E-state index contributed by atoms with van der Waals surface area (Å²) < 4.78 is 24.6. The third-order valence-electron chi connectivity index (χ3n) is 1.36. The largest absolute Gasteiger partial charge is 0.280 e. The van der Waals surface area contributed by atoms with Crippen molar-refractivity contribution in [3.63, 3.8) is 0 Å². The van der Waals surface area contributed by atoms with Gasteiger partial charge in [0.15, 0.2) is 10.3 Å². The van der Waals surface area contributed by atoms with Gasteiger partial charge < -0.3 is 0 Å². The van der Waals surface area contributed by atoms with Crippen LogP contribution in [0.5, 0.6) is 0 Å². The molecule has 78 valence electrons. The van der Waals surface area contributed by atoms with Gasteiger partial charge in [-0.15, -0.1) is 10.2 Å². The number of hydrogen-bond acceptors (Lipinski definition) is 4. The van der Waals surface area contributed by atoms with Gasteiger partial charge in [0.25, 0.3) is 0 Å². The summed E-state index contributed by atoms with van der Waals surface area (Å²) in [5, 5.41) is 6.93. The highest BCUT2D eigenvalue weighted by atomic mass is 35.5. The van der Waals surface area contributed by atoms with Crippen molar-refractivity contribution in [3.05, 3.63) is 16.4 Å². The van der Waals surface area contributed by atoms with E-state index in [4.69, 9.17) is 23.2 Å². The van der Waals surface area contributed by atoms with E-state index in [0.717, 1.165) is 0 Å². The van der Waals surface area contributed by atoms with Gasteiger partial charge in [0.1, 0.15) is 0 Å². The lowest BCUT2D eigenvalue weighted by molar-refractivity contribution is 0.602. The van der Waals surface area contributed by atoms with E-state index >= 15 is 0 Å². The molecule has 0 atom stereocenters. The molecule has 1 heterocycles. The van der Waals surface area contributed by atoms with Crippen molar-refractivity contribution >= 4 is 38.9 Å². The lowest BCUT2D eigenvalue weighted by Crippen LogP contribution is -2.15. The Bertz CT molecular complexity index is 435. The first-order valence-corrected chi connectivity index (χ1v) is 6.04. The lowest BCUT2D eigenvalue weighted by atomic mass is 10.5. The van der Waals surface area contributed by atoms with Crippen LogP contribution in [0.15, 0.2) is 6.07 Å². The molecule has 0 saturated carbocycles. The molecule has 5 nitrogen and oxygen atoms in total. The minimum atomic E-state index is -3.37. The molecule has 0 fully saturated rings. The number of aromatic nitrogens is 2. The Hall–Kier alpha value is -0.590. The molecular weight excluding hydrogens is 249 g/mol. The molecule has 14 heavy (non-hydrogen) atoms. The Morgan fingerprint density at radius 1 is 1.43 bits per heavy atom. The van der Waals surface area contributed by atoms with Crippen molar-refractivity contribution in [2.75, 3.05) is 10.5 Å². The molecule has 0 unspecified atom stereocenters. The molecule has 0 aliphatic carbocycles. The van der Waals surface area contributed by atoms with Gasteiger partial charge in [-0.1, -0.05) is 23.2 Å². The minimum Gasteiger partial charge on any atom is -0.280 e. The van der Waals surface area contributed by atoms with Gasteiger partial charge in [0.05, 0.1) is 11.4 Å². The Morgan fingerprint density at radius 3 is 2.64 bits per heavy atom. The fourth-order valence-electron chi connectivity index (χ4n) is 0.664. The van der Waals surface area contributed by atoms with Crippen LogP contribution >= 0.6 is 23.2 Å². The van der Waals surface area contributed by atoms with Crippen LogP contribution in [0.2, 0.25) is 10.3 Å². The minimum absolute atomic E-state index is 0.0357. The second-order valence-corrected chi connectivity index (χ2v) is 5.13. The molecule has 0 bridgehead atoms. The summed E-state index contributed by atoms with van der Waals surface area (Å²) in [6, 6.07) is 1.30. The number of halogens is 2. The number of sulfonamides is 1. The quantitative estimate of drug-likeness (QED) is 0.890. The molecule has 1 rings (SSSR count). The number of anilines is 1. The zero-order chi connectivity index (χ0) is 10.8. The van der Waals surface area contributed by atoms with E-state index in [9.17, 15) is 8.42 Å². The maximum absolute atomic E-state index is 11.2. The fraction of sp³-hybridized carbons (Fsp3) is 0.333. The van der Waals surface area contributed by atoms with Gasteiger partial charge in [-0.05, 0) is 6.92 Å². The summed E-state index contributed by atoms with van der Waals surface area (Å²) in [5.74, 6) is -0.0523. The molecule has 0 spiro atoms. The SMILES string of the molecule is CCS(=O)(=O)Nc1cc(Cl)nnc1Cl. The molecule has 1 N–H and O–H groups in total. The average molecular weight is 256 g/mol. The zero-order valence-corrected chi connectivity index (χ0v) is 9.49. The Labute approximate surface area is 91.5 Å². The summed E-state index contributed by atoms with van der Waals surface area (Å²) in [6.07, 6.45) is 0. The number of nitrogens with one attached hydrogen (secondary N) is 1. The van der Waals surface area contributed by atoms with E-state index in [1.165, 1.54) is 13.0 Å². The van der Waals surface area contributed by atoms with E-state index < -0.39 is 10.0 Å². The average Bonchev–Trinajstić information content (AvgIpc) is 2.11. The normalized spacial score (nSPS) is 11.4. The van der Waals surface area contributed by atoms with E-state index in [1.807, 2.05) is 0 Å². The highest BCUT2D eigenvalue weighted by Crippen LogP contribution is 2.21. The molecule has 0 aromatic carbocycles. The Kier molecular flexibility index (Phi) is 3.52. The molecule has 1 aromatic heterocycles. The predicted octanol–water partition coefficient (Wildman–Crippen LogP) is 1.54. The van der Waals surface area contributed by atoms with Crippen molar-refractivity contribution < 1.29 is 8.42 Å². The van der Waals surface area contributed by atoms with Crippen LogP contribution in [0.25, 0.3) is 0 Å². The fourth-order valence-corrected chi connectivity index (χ4v) is 1.64. The van der Waals surface area contributed by atoms with Crippen molar-refractivity contribution in [1.29, 1.82) is 0 Å². The third-order valence-corrected chi connectivity index (χ3v) is 3.12. The molecule has 8 heteroatoms. The van der Waals surface area contributed by atoms with E-state index in [0.29, 0.717) is 0 Å². The number of nitrogens with zero attached hydrogens (tertiary/aromatic N) is 2. The molecule has 0 amide bonds. The number of rotatable bonds is 3. The van der Waals surface area contributed by atoms with Gasteiger partial charge >= 0.3 is 0 Å². The first-order valence-electron chi connectivity index (χ1n) is 3.64. The van der Waals surface area contributed by atoms with Gasteiger partial charge in [0, 0.05) is 6.07 Å². The van der Waals surface area contributed by atoms with Gasteiger partial charge in [-0.2, -0.15) is 0 Å². The Morgan fingerprint density at radius 2 is 2.07 bits per heavy atom. The highest BCUT2D eigenvalue weighted by molar-refractivity contribution is 7.92. The van der Waals surface area contributed by atoms with Gasteiger partial charge in [-0.3, -0.25) is 4.72 Å². The van der Waals surface area contributed by atoms with E-state index in [1.54, 1.807) is 0 Å². The van der Waals surface area contributed by atoms with Crippen molar-refractivity contribution in [2.45, 2.75) is 6.92 Å². The molecular formula is C6H7Cl2N3O2S. The summed E-state index contributed by atoms with van der Waals surface area (Å²) in [6.45, 7) is 1.51. The van der Waals surface area contributed by atoms with Gasteiger partial charge in [-0.25, -0.2) is 8.42 Å². The van der Waals surface area contributed by atoms with Crippen molar-refractivity contribution in [3.8, 4) is 0 Å². The standard InChI is InChI=1S/C6H7Cl2N3O2S/c1-2-14(12,13)11-4-3-5(7)9-10-6(4)8/h3H,2H2,1H3,(H,9,11). The van der Waals surface area contributed by atoms with Crippen molar-refractivity contribution in [2.24, 2.45) is 0 Å². The van der Waals surface area contributed by atoms with Crippen LogP contribution in [0.1, 0.15) is 6.92 Å². The summed E-state index contributed by atoms with van der Waals surface area (Å²) in [4.78, 5) is 0. The monoisotopic (exact) mass is 255 g/mol. The molecule has 1 aromatic rings. The van der Waals surface area contributed by atoms with Crippen LogP contribution in [0, 0.1) is 0 Å². The third kappa shape index (κ3) is 2.97. The van der Waals surface area contributed by atoms with Crippen LogP contribution in [-0.2, 0) is 10.0 Å². The lowest BCUT2D eigenvalue weighted by Gasteiger charge is -2.06. The van der Waals surface area contributed by atoms with Crippen LogP contribution < -0.4 is 4.72 Å². The highest BCUT2D eigenvalue weighted by Gasteiger charge is 2.11.